The molecule has 20 rings (SSSR count). The average Bonchev–Trinajstić information content (AvgIpc) is 1.53. The maximum atomic E-state index is 5.53. The van der Waals surface area contributed by atoms with E-state index in [1.54, 1.807) is 0 Å². The van der Waals surface area contributed by atoms with Crippen LogP contribution in [0, 0.1) is 5.92 Å². The molecule has 2 heterocycles. The van der Waals surface area contributed by atoms with Gasteiger partial charge in [-0.15, -0.1) is 0 Å². The first-order chi connectivity index (χ1) is 53.5. The highest BCUT2D eigenvalue weighted by Crippen LogP contribution is 2.55. The van der Waals surface area contributed by atoms with Crippen LogP contribution >= 0.6 is 0 Å². The lowest BCUT2D eigenvalue weighted by Gasteiger charge is -2.29. The molecule has 4 nitrogen and oxygen atoms in total. The predicted octanol–water partition coefficient (Wildman–Crippen LogP) is 25.4. The summed E-state index contributed by atoms with van der Waals surface area (Å²) >= 11 is 0. The highest BCUT2D eigenvalue weighted by Gasteiger charge is 2.46. The molecule has 516 valence electrons. The normalized spacial score (nSPS) is 14.7. The van der Waals surface area contributed by atoms with Gasteiger partial charge in [-0.3, -0.25) is 4.57 Å². The second-order valence-electron chi connectivity index (χ2n) is 30.7. The summed E-state index contributed by atoms with van der Waals surface area (Å²) in [6, 6.07) is 134. The van der Waals surface area contributed by atoms with Crippen molar-refractivity contribution in [3.8, 4) is 151 Å². The molecule has 0 spiro atoms. The van der Waals surface area contributed by atoms with E-state index in [2.05, 4.69) is 396 Å². The molecular formula is C105H76N4. The molecule has 0 aliphatic heterocycles. The molecule has 4 heteroatoms. The van der Waals surface area contributed by atoms with E-state index < -0.39 is 0 Å². The molecule has 0 amide bonds. The minimum atomic E-state index is -0.343. The van der Waals surface area contributed by atoms with Crippen LogP contribution in [0.5, 0.6) is 0 Å². The number of aromatic nitrogens is 4. The van der Waals surface area contributed by atoms with Crippen molar-refractivity contribution >= 4 is 23.1 Å². The standard InChI is InChI=1S/C105H76N4/c1-104(2)95-49-47-81(75-41-25-45-79(53-75)87-57-83(69-31-15-7-16-32-69)55-85(59-87)77-43-23-39-73(51-77)67-27-11-5-12-28-67)61-89(95)91-63-93-94-64-92-90-62-82(76-42-26-46-80(54-76)88-58-84(70-33-17-8-18-34-70)56-86(60-88)78-44-24-40-74(52-78)68-29-13-6-14-30-68)48-50-96(90)105(3,4)98(92)66-100(94)109(99(93)65-97(91)104)103-107-101(71-35-19-9-20-36-71)106-102(108-103)72-37-21-10-22-38-72/h5-66,91,97H,1-4H3. The third kappa shape index (κ3) is 11.6. The van der Waals surface area contributed by atoms with Gasteiger partial charge in [0.1, 0.15) is 0 Å². The summed E-state index contributed by atoms with van der Waals surface area (Å²) in [5.74, 6) is 2.05. The number of hydrogen-bond donors (Lipinski definition) is 0. The Morgan fingerprint density at radius 1 is 0.257 bits per heavy atom. The van der Waals surface area contributed by atoms with Crippen LogP contribution in [0.15, 0.2) is 364 Å². The van der Waals surface area contributed by atoms with Crippen LogP contribution in [0.3, 0.4) is 0 Å². The van der Waals surface area contributed by atoms with Crippen LogP contribution in [-0.4, -0.2) is 19.5 Å². The summed E-state index contributed by atoms with van der Waals surface area (Å²) in [5, 5.41) is 3.47. The SMILES string of the molecule is CC1(C)c2ccc(-c3cccc(-c4cc(-c5ccccc5)cc(-c5cccc(-c6ccccc6)c5)c4)c3)cc2-c2cc3c4c(n(-c5nc(-c6ccccc6)nc(-c6ccccc6)n5)c3cc21)=CC1C(C=4)c2cc(-c3cccc(-c4cc(-c5ccccc5)cc(-c5cccc(-c6ccccc6)c5)c4)c3)ccc2C1(C)C. The monoisotopic (exact) mass is 1390 g/mol. The fraction of sp³-hybridized carbons (Fsp3) is 0.0762. The number of benzene rings is 15. The van der Waals surface area contributed by atoms with Crippen LogP contribution in [0.4, 0.5) is 0 Å². The first-order valence-electron chi connectivity index (χ1n) is 38.0. The number of nitrogens with zero attached hydrogens (tertiary/aromatic N) is 4. The smallest absolute Gasteiger partial charge is 0.238 e. The van der Waals surface area contributed by atoms with E-state index in [0.717, 1.165) is 22.0 Å². The lowest BCUT2D eigenvalue weighted by Crippen LogP contribution is -2.38. The van der Waals surface area contributed by atoms with Crippen molar-refractivity contribution in [2.75, 3.05) is 0 Å². The fourth-order valence-corrected chi connectivity index (χ4v) is 17.8. The summed E-state index contributed by atoms with van der Waals surface area (Å²) in [7, 11) is 0. The Kier molecular flexibility index (Phi) is 15.7. The molecule has 0 saturated carbocycles. The zero-order chi connectivity index (χ0) is 72.9. The van der Waals surface area contributed by atoms with Crippen molar-refractivity contribution in [2.45, 2.75) is 44.4 Å². The van der Waals surface area contributed by atoms with Crippen molar-refractivity contribution < 1.29 is 0 Å². The molecule has 2 unspecified atom stereocenters. The Morgan fingerprint density at radius 3 is 1.00 bits per heavy atom. The molecule has 0 saturated heterocycles. The first-order valence-corrected chi connectivity index (χ1v) is 38.0. The van der Waals surface area contributed by atoms with Crippen molar-refractivity contribution in [3.63, 3.8) is 0 Å². The molecule has 0 N–H and O–H groups in total. The van der Waals surface area contributed by atoms with Gasteiger partial charge in [0.05, 0.1) is 10.9 Å². The third-order valence-electron chi connectivity index (χ3n) is 23.5. The third-order valence-corrected chi connectivity index (χ3v) is 23.5. The zero-order valence-corrected chi connectivity index (χ0v) is 61.2. The molecule has 0 bridgehead atoms. The van der Waals surface area contributed by atoms with Gasteiger partial charge in [0.2, 0.25) is 5.95 Å². The highest BCUT2D eigenvalue weighted by molar-refractivity contribution is 5.97. The maximum Gasteiger partial charge on any atom is 0.238 e. The molecule has 0 radical (unpaired) electrons. The first kappa shape index (κ1) is 65.1. The zero-order valence-electron chi connectivity index (χ0n) is 61.2. The number of fused-ring (bicyclic) bond motifs is 9. The summed E-state index contributed by atoms with van der Waals surface area (Å²) in [6.45, 7) is 9.69. The minimum Gasteiger partial charge on any atom is -0.278 e. The Hall–Kier alpha value is -13.4. The largest absolute Gasteiger partial charge is 0.278 e. The second kappa shape index (κ2) is 26.3. The van der Waals surface area contributed by atoms with E-state index in [9.17, 15) is 0 Å². The van der Waals surface area contributed by atoms with E-state index >= 15 is 0 Å². The quantitative estimate of drug-likeness (QED) is 0.116. The van der Waals surface area contributed by atoms with E-state index in [-0.39, 0.29) is 22.7 Å². The molecule has 2 aromatic heterocycles. The number of hydrogen-bond acceptors (Lipinski definition) is 3. The van der Waals surface area contributed by atoms with E-state index in [4.69, 9.17) is 15.0 Å². The van der Waals surface area contributed by atoms with Gasteiger partial charge < -0.3 is 0 Å². The van der Waals surface area contributed by atoms with Crippen LogP contribution in [0.2, 0.25) is 0 Å². The van der Waals surface area contributed by atoms with Gasteiger partial charge in [0.25, 0.3) is 0 Å². The summed E-state index contributed by atoms with van der Waals surface area (Å²) < 4.78 is 2.38. The van der Waals surface area contributed by atoms with Crippen molar-refractivity contribution in [1.82, 2.24) is 19.5 Å². The molecule has 109 heavy (non-hydrogen) atoms. The molecule has 3 aliphatic carbocycles. The molecular weight excluding hydrogens is 1320 g/mol. The molecule has 3 aliphatic rings. The second-order valence-corrected chi connectivity index (χ2v) is 30.7. The predicted molar refractivity (Wildman–Crippen MR) is 453 cm³/mol. The van der Waals surface area contributed by atoms with Crippen LogP contribution in [0.25, 0.3) is 174 Å². The van der Waals surface area contributed by atoms with Gasteiger partial charge in [-0.25, -0.2) is 4.98 Å². The van der Waals surface area contributed by atoms with Gasteiger partial charge in [0.15, 0.2) is 11.6 Å². The topological polar surface area (TPSA) is 43.6 Å². The molecule has 2 atom stereocenters. The average molecular weight is 1390 g/mol. The van der Waals surface area contributed by atoms with Gasteiger partial charge in [-0.2, -0.15) is 9.97 Å². The Morgan fingerprint density at radius 2 is 0.578 bits per heavy atom. The molecule has 17 aromatic rings. The van der Waals surface area contributed by atoms with Crippen LogP contribution in [-0.2, 0) is 10.8 Å². The van der Waals surface area contributed by atoms with Crippen molar-refractivity contribution in [3.05, 3.63) is 397 Å². The summed E-state index contributed by atoms with van der Waals surface area (Å²) in [4.78, 5) is 16.3. The van der Waals surface area contributed by atoms with Gasteiger partial charge in [-0.05, 0) is 235 Å². The Balaban J connectivity index is 0.726. The maximum absolute atomic E-state index is 5.53. The van der Waals surface area contributed by atoms with E-state index in [0.29, 0.717) is 17.6 Å². The summed E-state index contributed by atoms with van der Waals surface area (Å²) in [6.07, 6.45) is 5.19. The van der Waals surface area contributed by atoms with Crippen molar-refractivity contribution in [2.24, 2.45) is 5.92 Å². The Bertz CT molecular complexity index is 6520. The molecule has 15 aromatic carbocycles. The highest BCUT2D eigenvalue weighted by atomic mass is 15.2. The molecule has 0 fully saturated rings. The van der Waals surface area contributed by atoms with Crippen LogP contribution < -0.4 is 10.6 Å². The van der Waals surface area contributed by atoms with Gasteiger partial charge in [0, 0.05) is 33.1 Å². The van der Waals surface area contributed by atoms with Crippen LogP contribution in [0.1, 0.15) is 55.9 Å². The van der Waals surface area contributed by atoms with Gasteiger partial charge in [-0.1, -0.05) is 325 Å². The lowest BCUT2D eigenvalue weighted by atomic mass is 9.74. The van der Waals surface area contributed by atoms with E-state index in [1.165, 1.54) is 155 Å². The number of rotatable bonds is 13. The Labute approximate surface area is 636 Å². The van der Waals surface area contributed by atoms with E-state index in [1.807, 2.05) is 12.1 Å². The van der Waals surface area contributed by atoms with Gasteiger partial charge >= 0.3 is 0 Å². The minimum absolute atomic E-state index is 0.0781. The van der Waals surface area contributed by atoms with Crippen molar-refractivity contribution in [1.29, 1.82) is 0 Å². The summed E-state index contributed by atoms with van der Waals surface area (Å²) in [5.41, 5.74) is 33.9. The lowest BCUT2D eigenvalue weighted by molar-refractivity contribution is 0.421. The fourth-order valence-electron chi connectivity index (χ4n) is 17.8.